The topological polar surface area (TPSA) is 59.8 Å². The lowest BCUT2D eigenvalue weighted by molar-refractivity contribution is -0.120. The maximum atomic E-state index is 11.5. The summed E-state index contributed by atoms with van der Waals surface area (Å²) >= 11 is 0. The average molecular weight is 284 g/mol. The molecule has 0 saturated heterocycles. The van der Waals surface area contributed by atoms with Crippen LogP contribution in [0.5, 0.6) is 0 Å². The molecule has 0 fully saturated rings. The number of nitrogens with zero attached hydrogens (tertiary/aromatic N) is 3. The number of fused-ring (bicyclic) bond motifs is 3. The minimum Gasteiger partial charge on any atom is -0.356 e. The van der Waals surface area contributed by atoms with Crippen molar-refractivity contribution in [1.82, 2.24) is 19.9 Å². The van der Waals surface area contributed by atoms with Crippen molar-refractivity contribution in [2.24, 2.45) is 7.05 Å². The molecule has 21 heavy (non-hydrogen) atoms. The predicted octanol–water partition coefficient (Wildman–Crippen LogP) is 2.44. The molecular formula is C16H20N4O. The summed E-state index contributed by atoms with van der Waals surface area (Å²) in [7, 11) is 2.01. The number of hydrogen-bond donors (Lipinski definition) is 1. The van der Waals surface area contributed by atoms with E-state index in [2.05, 4.69) is 20.9 Å². The first-order valence-electron chi connectivity index (χ1n) is 7.15. The van der Waals surface area contributed by atoms with Gasteiger partial charge in [0.1, 0.15) is 5.65 Å². The van der Waals surface area contributed by atoms with Crippen LogP contribution in [-0.2, 0) is 18.3 Å². The van der Waals surface area contributed by atoms with Gasteiger partial charge in [-0.2, -0.15) is 0 Å². The highest BCUT2D eigenvalue weighted by Gasteiger charge is 2.10. The fraction of sp³-hybridized carbons (Fsp3) is 0.312. The first-order valence-corrected chi connectivity index (χ1v) is 7.15. The normalized spacial score (nSPS) is 11.1. The van der Waals surface area contributed by atoms with E-state index in [1.165, 1.54) is 0 Å². The molecule has 3 rings (SSSR count). The van der Waals surface area contributed by atoms with Crippen molar-refractivity contribution in [2.45, 2.75) is 19.8 Å². The summed E-state index contributed by atoms with van der Waals surface area (Å²) in [6, 6.07) is 6.05. The number of carbonyl (C=O) groups is 1. The Balaban J connectivity index is 0.00000176. The average Bonchev–Trinajstić information content (AvgIpc) is 2.79. The molecule has 3 heterocycles. The van der Waals surface area contributed by atoms with Gasteiger partial charge in [-0.15, -0.1) is 0 Å². The Morgan fingerprint density at radius 3 is 3.00 bits per heavy atom. The van der Waals surface area contributed by atoms with Gasteiger partial charge in [0.05, 0.1) is 5.52 Å². The number of aryl methyl sites for hydroxylation is 2. The van der Waals surface area contributed by atoms with Gasteiger partial charge in [0, 0.05) is 50.3 Å². The minimum atomic E-state index is 0. The maximum Gasteiger partial charge on any atom is 0.220 e. The van der Waals surface area contributed by atoms with E-state index < -0.39 is 0 Å². The minimum absolute atomic E-state index is 0. The molecule has 0 spiro atoms. The number of amides is 1. The Bertz CT molecular complexity index is 812. The standard InChI is InChI=1S/C16H18N4O.H2/c1-3-18-15(21)7-5-11-4-6-12-13-10-17-9-8-14(13)20(2)16(12)19-11;/h4,6,8-10H,3,5,7H2,1-2H3,(H,18,21);1H. The molecule has 0 aromatic carbocycles. The van der Waals surface area contributed by atoms with Crippen LogP contribution in [0.2, 0.25) is 0 Å². The number of carbonyl (C=O) groups excluding carboxylic acids is 1. The summed E-state index contributed by atoms with van der Waals surface area (Å²) in [6.07, 6.45) is 4.78. The summed E-state index contributed by atoms with van der Waals surface area (Å²) in [4.78, 5) is 20.4. The van der Waals surface area contributed by atoms with Crippen LogP contribution >= 0.6 is 0 Å². The molecule has 0 aliphatic heterocycles. The highest BCUT2D eigenvalue weighted by Crippen LogP contribution is 2.26. The molecule has 0 unspecified atom stereocenters. The predicted molar refractivity (Wildman–Crippen MR) is 85.1 cm³/mol. The molecule has 5 nitrogen and oxygen atoms in total. The van der Waals surface area contributed by atoms with E-state index in [9.17, 15) is 4.79 Å². The summed E-state index contributed by atoms with van der Waals surface area (Å²) in [5, 5.41) is 5.01. The largest absolute Gasteiger partial charge is 0.356 e. The third kappa shape index (κ3) is 2.46. The molecule has 0 bridgehead atoms. The van der Waals surface area contributed by atoms with Crippen molar-refractivity contribution in [1.29, 1.82) is 0 Å². The Morgan fingerprint density at radius 1 is 1.33 bits per heavy atom. The lowest BCUT2D eigenvalue weighted by Crippen LogP contribution is -2.22. The smallest absolute Gasteiger partial charge is 0.220 e. The van der Waals surface area contributed by atoms with Crippen LogP contribution in [0.15, 0.2) is 30.6 Å². The van der Waals surface area contributed by atoms with Gasteiger partial charge in [0.2, 0.25) is 5.91 Å². The summed E-state index contributed by atoms with van der Waals surface area (Å²) in [5.74, 6) is 0.0700. The van der Waals surface area contributed by atoms with Crippen LogP contribution in [0.4, 0.5) is 0 Å². The van der Waals surface area contributed by atoms with Gasteiger partial charge >= 0.3 is 0 Å². The quantitative estimate of drug-likeness (QED) is 0.800. The van der Waals surface area contributed by atoms with E-state index in [0.29, 0.717) is 19.4 Å². The fourth-order valence-electron chi connectivity index (χ4n) is 2.62. The second-order valence-corrected chi connectivity index (χ2v) is 5.08. The first-order chi connectivity index (χ1) is 10.2. The fourth-order valence-corrected chi connectivity index (χ4v) is 2.62. The molecule has 3 aromatic heterocycles. The molecule has 110 valence electrons. The van der Waals surface area contributed by atoms with Crippen molar-refractivity contribution in [3.8, 4) is 0 Å². The Labute approximate surface area is 124 Å². The summed E-state index contributed by atoms with van der Waals surface area (Å²) in [5.41, 5.74) is 2.99. The SMILES string of the molecule is CCNC(=O)CCc1ccc2c3cnccc3n(C)c2n1.[HH]. The van der Waals surface area contributed by atoms with Crippen LogP contribution in [0, 0.1) is 0 Å². The maximum absolute atomic E-state index is 11.5. The van der Waals surface area contributed by atoms with Crippen LogP contribution in [0.1, 0.15) is 20.5 Å². The van der Waals surface area contributed by atoms with Gasteiger partial charge < -0.3 is 9.88 Å². The van der Waals surface area contributed by atoms with Crippen molar-refractivity contribution in [3.05, 3.63) is 36.3 Å². The third-order valence-corrected chi connectivity index (χ3v) is 3.68. The van der Waals surface area contributed by atoms with Gasteiger partial charge in [0.15, 0.2) is 0 Å². The van der Waals surface area contributed by atoms with Crippen molar-refractivity contribution >= 4 is 27.8 Å². The third-order valence-electron chi connectivity index (χ3n) is 3.68. The number of nitrogens with one attached hydrogen (secondary N) is 1. The zero-order chi connectivity index (χ0) is 14.8. The molecule has 1 N–H and O–H groups in total. The molecule has 3 aromatic rings. The zero-order valence-corrected chi connectivity index (χ0v) is 12.3. The lowest BCUT2D eigenvalue weighted by atomic mass is 10.2. The molecule has 0 saturated carbocycles. The van der Waals surface area contributed by atoms with E-state index >= 15 is 0 Å². The zero-order valence-electron chi connectivity index (χ0n) is 12.3. The van der Waals surface area contributed by atoms with Gasteiger partial charge in [0.25, 0.3) is 0 Å². The highest BCUT2D eigenvalue weighted by molar-refractivity contribution is 6.06. The number of hydrogen-bond acceptors (Lipinski definition) is 3. The van der Waals surface area contributed by atoms with Crippen LogP contribution < -0.4 is 5.32 Å². The summed E-state index contributed by atoms with van der Waals surface area (Å²) < 4.78 is 2.07. The molecule has 0 atom stereocenters. The molecule has 0 aliphatic rings. The van der Waals surface area contributed by atoms with Crippen LogP contribution in [0.25, 0.3) is 21.9 Å². The Kier molecular flexibility index (Phi) is 3.56. The van der Waals surface area contributed by atoms with E-state index in [1.54, 1.807) is 6.20 Å². The summed E-state index contributed by atoms with van der Waals surface area (Å²) in [6.45, 7) is 2.59. The second kappa shape index (κ2) is 5.52. The second-order valence-electron chi connectivity index (χ2n) is 5.08. The first kappa shape index (κ1) is 13.5. The highest BCUT2D eigenvalue weighted by atomic mass is 16.1. The van der Waals surface area contributed by atoms with Crippen LogP contribution in [0.3, 0.4) is 0 Å². The van der Waals surface area contributed by atoms with Crippen molar-refractivity contribution in [3.63, 3.8) is 0 Å². The Hall–Kier alpha value is -2.43. The Morgan fingerprint density at radius 2 is 2.19 bits per heavy atom. The molecule has 0 aliphatic carbocycles. The number of pyridine rings is 2. The number of rotatable bonds is 4. The van der Waals surface area contributed by atoms with Gasteiger partial charge in [-0.25, -0.2) is 4.98 Å². The monoisotopic (exact) mass is 284 g/mol. The van der Waals surface area contributed by atoms with Crippen molar-refractivity contribution in [2.75, 3.05) is 6.54 Å². The molecule has 0 radical (unpaired) electrons. The van der Waals surface area contributed by atoms with Gasteiger partial charge in [-0.1, -0.05) is 0 Å². The molecule has 1 amide bonds. The van der Waals surface area contributed by atoms with Crippen molar-refractivity contribution < 1.29 is 6.22 Å². The van der Waals surface area contributed by atoms with E-state index in [0.717, 1.165) is 27.6 Å². The van der Waals surface area contributed by atoms with E-state index in [4.69, 9.17) is 4.98 Å². The van der Waals surface area contributed by atoms with Gasteiger partial charge in [-0.3, -0.25) is 9.78 Å². The number of aromatic nitrogens is 3. The molecular weight excluding hydrogens is 264 g/mol. The van der Waals surface area contributed by atoms with Gasteiger partial charge in [-0.05, 0) is 31.5 Å². The van der Waals surface area contributed by atoms with E-state index in [-0.39, 0.29) is 7.33 Å². The van der Waals surface area contributed by atoms with Crippen LogP contribution in [-0.4, -0.2) is 27.0 Å². The lowest BCUT2D eigenvalue weighted by Gasteiger charge is -2.03. The van der Waals surface area contributed by atoms with E-state index in [1.807, 2.05) is 32.3 Å². The molecule has 5 heteroatoms.